The van der Waals surface area contributed by atoms with Crippen LogP contribution in [0.25, 0.3) is 11.4 Å². The average molecular weight is 268 g/mol. The minimum Gasteiger partial charge on any atom is -0.307 e. The molecular formula is C17H20N2O. The summed E-state index contributed by atoms with van der Waals surface area (Å²) in [6, 6.07) is 9.83. The fraction of sp³-hybridized carbons (Fsp3) is 0.412. The van der Waals surface area contributed by atoms with Crippen molar-refractivity contribution in [1.82, 2.24) is 9.97 Å². The molecule has 3 heteroatoms. The quantitative estimate of drug-likeness (QED) is 0.923. The van der Waals surface area contributed by atoms with E-state index in [-0.39, 0.29) is 5.56 Å². The Balaban J connectivity index is 2.07. The van der Waals surface area contributed by atoms with Crippen LogP contribution in [0.2, 0.25) is 0 Å². The summed E-state index contributed by atoms with van der Waals surface area (Å²) < 4.78 is 0. The van der Waals surface area contributed by atoms with Crippen molar-refractivity contribution in [3.05, 3.63) is 51.9 Å². The normalized spacial score (nSPS) is 15.7. The molecule has 0 radical (unpaired) electrons. The van der Waals surface area contributed by atoms with Gasteiger partial charge in [0.15, 0.2) is 0 Å². The van der Waals surface area contributed by atoms with Crippen molar-refractivity contribution in [3.63, 3.8) is 0 Å². The van der Waals surface area contributed by atoms with E-state index in [0.717, 1.165) is 36.3 Å². The highest BCUT2D eigenvalue weighted by Gasteiger charge is 2.20. The van der Waals surface area contributed by atoms with Crippen LogP contribution in [0.5, 0.6) is 0 Å². The zero-order valence-corrected chi connectivity index (χ0v) is 11.9. The smallest absolute Gasteiger partial charge is 0.251 e. The number of rotatable bonds is 3. The van der Waals surface area contributed by atoms with Crippen LogP contribution in [0.15, 0.2) is 35.1 Å². The van der Waals surface area contributed by atoms with Gasteiger partial charge in [-0.3, -0.25) is 4.79 Å². The molecule has 3 nitrogen and oxygen atoms in total. The van der Waals surface area contributed by atoms with E-state index in [1.807, 2.05) is 18.2 Å². The predicted octanol–water partition coefficient (Wildman–Crippen LogP) is 3.66. The molecule has 104 valence electrons. The molecule has 1 fully saturated rings. The van der Waals surface area contributed by atoms with E-state index in [2.05, 4.69) is 18.0 Å². The van der Waals surface area contributed by atoms with Crippen LogP contribution in [-0.4, -0.2) is 9.97 Å². The first-order chi connectivity index (χ1) is 9.78. The van der Waals surface area contributed by atoms with Gasteiger partial charge in [0, 0.05) is 17.5 Å². The van der Waals surface area contributed by atoms with Gasteiger partial charge in [-0.1, -0.05) is 44.0 Å². The lowest BCUT2D eigenvalue weighted by Crippen LogP contribution is -2.12. The number of hydrogen-bond acceptors (Lipinski definition) is 2. The first-order valence-corrected chi connectivity index (χ1v) is 7.47. The van der Waals surface area contributed by atoms with E-state index >= 15 is 0 Å². The molecule has 1 aliphatic carbocycles. The monoisotopic (exact) mass is 268 g/mol. The zero-order chi connectivity index (χ0) is 13.9. The highest BCUT2D eigenvalue weighted by molar-refractivity contribution is 5.60. The molecule has 0 atom stereocenters. The molecule has 0 saturated heterocycles. The Morgan fingerprint density at radius 1 is 1.25 bits per heavy atom. The SMILES string of the molecule is CCc1ccccc1-c1nc(C2CCCC2)cc(=O)[nH]1. The van der Waals surface area contributed by atoms with Crippen molar-refractivity contribution in [3.8, 4) is 11.4 Å². The summed E-state index contributed by atoms with van der Waals surface area (Å²) in [5.41, 5.74) is 3.20. The maximum Gasteiger partial charge on any atom is 0.251 e. The summed E-state index contributed by atoms with van der Waals surface area (Å²) in [7, 11) is 0. The second kappa shape index (κ2) is 5.61. The minimum absolute atomic E-state index is 0.0391. The second-order valence-corrected chi connectivity index (χ2v) is 5.51. The summed E-state index contributed by atoms with van der Waals surface area (Å²) in [5.74, 6) is 1.18. The molecule has 0 unspecified atom stereocenters. The number of nitrogens with one attached hydrogen (secondary N) is 1. The fourth-order valence-corrected chi connectivity index (χ4v) is 3.09. The van der Waals surface area contributed by atoms with Crippen molar-refractivity contribution in [2.24, 2.45) is 0 Å². The third-order valence-corrected chi connectivity index (χ3v) is 4.19. The Kier molecular flexibility index (Phi) is 3.68. The molecule has 0 aliphatic heterocycles. The van der Waals surface area contributed by atoms with Crippen LogP contribution in [0.4, 0.5) is 0 Å². The molecule has 1 aliphatic rings. The summed E-state index contributed by atoms with van der Waals surface area (Å²) >= 11 is 0. The van der Waals surface area contributed by atoms with Gasteiger partial charge in [-0.05, 0) is 24.8 Å². The van der Waals surface area contributed by atoms with Gasteiger partial charge >= 0.3 is 0 Å². The molecule has 1 heterocycles. The standard InChI is InChI=1S/C17H20N2O/c1-2-12-7-5-6-10-14(12)17-18-15(11-16(20)19-17)13-8-3-4-9-13/h5-7,10-11,13H,2-4,8-9H2,1H3,(H,18,19,20). The Bertz CT molecular complexity index is 654. The van der Waals surface area contributed by atoms with E-state index in [9.17, 15) is 4.79 Å². The largest absolute Gasteiger partial charge is 0.307 e. The number of aromatic amines is 1. The fourth-order valence-electron chi connectivity index (χ4n) is 3.09. The average Bonchev–Trinajstić information content (AvgIpc) is 3.01. The maximum atomic E-state index is 11.9. The number of aryl methyl sites for hydroxylation is 1. The first kappa shape index (κ1) is 13.1. The van der Waals surface area contributed by atoms with Crippen LogP contribution in [-0.2, 0) is 6.42 Å². The lowest BCUT2D eigenvalue weighted by Gasteiger charge is -2.11. The van der Waals surface area contributed by atoms with Crippen LogP contribution >= 0.6 is 0 Å². The number of hydrogen-bond donors (Lipinski definition) is 1. The molecule has 0 bridgehead atoms. The van der Waals surface area contributed by atoms with Gasteiger partial charge in [0.1, 0.15) is 5.82 Å². The van der Waals surface area contributed by atoms with Crippen molar-refractivity contribution < 1.29 is 0 Å². The van der Waals surface area contributed by atoms with Gasteiger partial charge in [0.25, 0.3) is 5.56 Å². The molecule has 1 saturated carbocycles. The molecule has 2 aromatic rings. The third-order valence-electron chi connectivity index (χ3n) is 4.19. The highest BCUT2D eigenvalue weighted by atomic mass is 16.1. The van der Waals surface area contributed by atoms with Crippen molar-refractivity contribution >= 4 is 0 Å². The second-order valence-electron chi connectivity index (χ2n) is 5.51. The van der Waals surface area contributed by atoms with Crippen LogP contribution in [0, 0.1) is 0 Å². The summed E-state index contributed by atoms with van der Waals surface area (Å²) in [6.07, 6.45) is 5.75. The van der Waals surface area contributed by atoms with E-state index in [4.69, 9.17) is 4.98 Å². The van der Waals surface area contributed by atoms with Crippen LogP contribution < -0.4 is 5.56 Å². The van der Waals surface area contributed by atoms with Gasteiger partial charge in [0.05, 0.1) is 5.69 Å². The van der Waals surface area contributed by atoms with E-state index in [1.165, 1.54) is 18.4 Å². The van der Waals surface area contributed by atoms with Gasteiger partial charge in [-0.15, -0.1) is 0 Å². The van der Waals surface area contributed by atoms with Crippen LogP contribution in [0.1, 0.15) is 49.8 Å². The van der Waals surface area contributed by atoms with Crippen LogP contribution in [0.3, 0.4) is 0 Å². The summed E-state index contributed by atoms with van der Waals surface area (Å²) in [4.78, 5) is 19.6. The maximum absolute atomic E-state index is 11.9. The van der Waals surface area contributed by atoms with E-state index < -0.39 is 0 Å². The minimum atomic E-state index is -0.0391. The number of H-pyrrole nitrogens is 1. The molecule has 0 amide bonds. The first-order valence-electron chi connectivity index (χ1n) is 7.47. The van der Waals surface area contributed by atoms with Gasteiger partial charge in [0.2, 0.25) is 0 Å². The summed E-state index contributed by atoms with van der Waals surface area (Å²) in [6.45, 7) is 2.12. The third kappa shape index (κ3) is 2.53. The topological polar surface area (TPSA) is 45.8 Å². The van der Waals surface area contributed by atoms with E-state index in [1.54, 1.807) is 6.07 Å². The van der Waals surface area contributed by atoms with Gasteiger partial charge in [-0.25, -0.2) is 4.98 Å². The molecule has 20 heavy (non-hydrogen) atoms. The molecule has 1 N–H and O–H groups in total. The van der Waals surface area contributed by atoms with Crippen molar-refractivity contribution in [2.75, 3.05) is 0 Å². The highest BCUT2D eigenvalue weighted by Crippen LogP contribution is 2.33. The Morgan fingerprint density at radius 3 is 2.75 bits per heavy atom. The molecule has 3 rings (SSSR count). The Labute approximate surface area is 119 Å². The lowest BCUT2D eigenvalue weighted by atomic mass is 10.0. The number of benzene rings is 1. The summed E-state index contributed by atoms with van der Waals surface area (Å²) in [5, 5.41) is 0. The molecule has 1 aromatic heterocycles. The Morgan fingerprint density at radius 2 is 2.00 bits per heavy atom. The van der Waals surface area contributed by atoms with Gasteiger partial charge in [-0.2, -0.15) is 0 Å². The predicted molar refractivity (Wildman–Crippen MR) is 80.9 cm³/mol. The Hall–Kier alpha value is -1.90. The van der Waals surface area contributed by atoms with Gasteiger partial charge < -0.3 is 4.98 Å². The van der Waals surface area contributed by atoms with E-state index in [0.29, 0.717) is 5.92 Å². The van der Waals surface area contributed by atoms with Crippen molar-refractivity contribution in [1.29, 1.82) is 0 Å². The molecule has 0 spiro atoms. The lowest BCUT2D eigenvalue weighted by molar-refractivity contribution is 0.693. The molecular weight excluding hydrogens is 248 g/mol. The number of nitrogens with zero attached hydrogens (tertiary/aromatic N) is 1. The molecule has 1 aromatic carbocycles. The van der Waals surface area contributed by atoms with Crippen molar-refractivity contribution in [2.45, 2.75) is 44.9 Å². The zero-order valence-electron chi connectivity index (χ0n) is 11.9. The number of aromatic nitrogens is 2.